The van der Waals surface area contributed by atoms with Crippen LogP contribution in [0.1, 0.15) is 53.9 Å². The summed E-state index contributed by atoms with van der Waals surface area (Å²) in [5, 5.41) is 14.7. The van der Waals surface area contributed by atoms with E-state index in [0.717, 1.165) is 6.42 Å². The van der Waals surface area contributed by atoms with Crippen molar-refractivity contribution < 1.29 is 38.4 Å². The van der Waals surface area contributed by atoms with E-state index in [1.54, 1.807) is 24.8 Å². The smallest absolute Gasteiger partial charge is 0.407 e. The van der Waals surface area contributed by atoms with Gasteiger partial charge in [-0.15, -0.1) is 6.58 Å². The molecule has 2 saturated carbocycles. The van der Waals surface area contributed by atoms with Crippen molar-refractivity contribution in [2.24, 2.45) is 16.7 Å². The van der Waals surface area contributed by atoms with Gasteiger partial charge < -0.3 is 34.1 Å². The lowest BCUT2D eigenvalue weighted by Crippen LogP contribution is -2.89. The molecule has 10 heteroatoms. The van der Waals surface area contributed by atoms with Crippen molar-refractivity contribution in [2.75, 3.05) is 34.4 Å². The molecule has 2 aliphatic heterocycles. The second-order valence-corrected chi connectivity index (χ2v) is 12.5. The Balaban J connectivity index is 1.94. The summed E-state index contributed by atoms with van der Waals surface area (Å²) >= 11 is 0. The first-order valence-electron chi connectivity index (χ1n) is 13.1. The highest BCUT2D eigenvalue weighted by molar-refractivity contribution is 5.93. The minimum atomic E-state index is -1.57. The molecule has 0 aromatic heterocycles. The molecule has 0 bridgehead atoms. The van der Waals surface area contributed by atoms with E-state index in [9.17, 15) is 14.7 Å². The molecular weight excluding hydrogens is 480 g/mol. The summed E-state index contributed by atoms with van der Waals surface area (Å²) in [5.74, 6) is -0.665. The first-order chi connectivity index (χ1) is 17.1. The van der Waals surface area contributed by atoms with Crippen LogP contribution in [0.15, 0.2) is 12.7 Å². The van der Waals surface area contributed by atoms with E-state index in [0.29, 0.717) is 13.0 Å². The third kappa shape index (κ3) is 3.90. The molecule has 4 fully saturated rings. The number of hydrogen-bond donors (Lipinski definition) is 2. The van der Waals surface area contributed by atoms with E-state index < -0.39 is 64.4 Å². The number of ether oxygens (including phenoxy) is 5. The topological polar surface area (TPSA) is 116 Å². The lowest BCUT2D eigenvalue weighted by atomic mass is 9.39. The molecule has 2 N–H and O–H groups in total. The van der Waals surface area contributed by atoms with Gasteiger partial charge in [0.15, 0.2) is 17.5 Å². The van der Waals surface area contributed by atoms with Crippen LogP contribution in [0, 0.1) is 16.7 Å². The lowest BCUT2D eigenvalue weighted by Gasteiger charge is -2.74. The number of ketones is 1. The maximum atomic E-state index is 14.5. The summed E-state index contributed by atoms with van der Waals surface area (Å²) < 4.78 is 31.0. The number of aliphatic hydroxyl groups excluding tert-OH is 1. The fourth-order valence-corrected chi connectivity index (χ4v) is 7.91. The predicted molar refractivity (Wildman–Crippen MR) is 135 cm³/mol. The molecule has 1 amide bonds. The van der Waals surface area contributed by atoms with Crippen LogP contribution in [0.25, 0.3) is 0 Å². The number of carbonyl (C=O) groups excluding carboxylic acids is 2. The Hall–Kier alpha value is -1.56. The van der Waals surface area contributed by atoms with Gasteiger partial charge in [0.2, 0.25) is 6.41 Å². The summed E-state index contributed by atoms with van der Waals surface area (Å²) in [6.07, 6.45) is -1.25. The van der Waals surface area contributed by atoms with Gasteiger partial charge in [-0.3, -0.25) is 9.69 Å². The third-order valence-corrected chi connectivity index (χ3v) is 9.43. The van der Waals surface area contributed by atoms with E-state index in [4.69, 9.17) is 23.7 Å². The third-order valence-electron chi connectivity index (χ3n) is 9.43. The molecule has 0 radical (unpaired) electrons. The molecule has 0 aromatic carbocycles. The number of aliphatic hydroxyl groups is 1. The zero-order valence-corrected chi connectivity index (χ0v) is 23.5. The van der Waals surface area contributed by atoms with Gasteiger partial charge in [0, 0.05) is 31.4 Å². The molecular formula is C27H44N2O8. The molecule has 0 aromatic rings. The second-order valence-electron chi connectivity index (χ2n) is 12.5. The molecule has 4 aliphatic rings. The summed E-state index contributed by atoms with van der Waals surface area (Å²) in [5.41, 5.74) is -5.56. The van der Waals surface area contributed by atoms with Gasteiger partial charge in [0.25, 0.3) is 0 Å². The number of nitrogens with one attached hydrogen (secondary N) is 1. The average molecular weight is 525 g/mol. The first-order valence-corrected chi connectivity index (χ1v) is 13.1. The van der Waals surface area contributed by atoms with Gasteiger partial charge in [0.1, 0.15) is 5.60 Å². The minimum Gasteiger partial charge on any atom is -0.440 e. The molecule has 2 heterocycles. The Bertz CT molecular complexity index is 941. The van der Waals surface area contributed by atoms with E-state index in [1.807, 2.05) is 21.0 Å². The maximum absolute atomic E-state index is 14.5. The highest BCUT2D eigenvalue weighted by Gasteiger charge is 2.84. The summed E-state index contributed by atoms with van der Waals surface area (Å²) in [4.78, 5) is 29.3. The zero-order valence-electron chi connectivity index (χ0n) is 23.5. The summed E-state index contributed by atoms with van der Waals surface area (Å²) in [6.45, 7) is 14.1. The Kier molecular flexibility index (Phi) is 7.13. The van der Waals surface area contributed by atoms with Crippen LogP contribution in [0.5, 0.6) is 0 Å². The Labute approximate surface area is 220 Å². The van der Waals surface area contributed by atoms with Gasteiger partial charge in [-0.1, -0.05) is 26.8 Å². The van der Waals surface area contributed by atoms with Crippen LogP contribution in [0.3, 0.4) is 0 Å². The highest BCUT2D eigenvalue weighted by atomic mass is 16.7. The number of Topliss-reactive ketones (excluding diaryl/α,β-unsaturated/α-hetero) is 1. The van der Waals surface area contributed by atoms with Gasteiger partial charge >= 0.3 is 6.09 Å². The molecule has 2 saturated heterocycles. The van der Waals surface area contributed by atoms with E-state index in [2.05, 4.69) is 25.7 Å². The number of rotatable bonds is 6. The first kappa shape index (κ1) is 28.4. The van der Waals surface area contributed by atoms with Crippen molar-refractivity contribution in [3.63, 3.8) is 0 Å². The molecule has 1 spiro atoms. The molecule has 2 aliphatic carbocycles. The van der Waals surface area contributed by atoms with Gasteiger partial charge in [0.05, 0.1) is 24.4 Å². The van der Waals surface area contributed by atoms with Crippen LogP contribution in [-0.2, 0) is 28.5 Å². The Morgan fingerprint density at radius 3 is 2.54 bits per heavy atom. The van der Waals surface area contributed by atoms with Crippen molar-refractivity contribution in [3.8, 4) is 0 Å². The van der Waals surface area contributed by atoms with Crippen molar-refractivity contribution in [1.82, 2.24) is 10.2 Å². The fourth-order valence-electron chi connectivity index (χ4n) is 7.91. The van der Waals surface area contributed by atoms with E-state index in [1.165, 1.54) is 7.11 Å². The molecule has 10 nitrogen and oxygen atoms in total. The van der Waals surface area contributed by atoms with E-state index in [-0.39, 0.29) is 18.7 Å². The normalized spacial score (nSPS) is 46.5. The largest absolute Gasteiger partial charge is 0.440 e. The predicted octanol–water partition coefficient (Wildman–Crippen LogP) is 2.24. The molecule has 210 valence electrons. The number of methoxy groups -OCH3 is 1. The van der Waals surface area contributed by atoms with Crippen LogP contribution < -0.4 is 5.32 Å². The van der Waals surface area contributed by atoms with Crippen LogP contribution in [0.4, 0.5) is 4.79 Å². The Morgan fingerprint density at radius 1 is 1.27 bits per heavy atom. The summed E-state index contributed by atoms with van der Waals surface area (Å²) in [7, 11) is 5.18. The van der Waals surface area contributed by atoms with Crippen LogP contribution >= 0.6 is 0 Å². The Morgan fingerprint density at radius 2 is 1.95 bits per heavy atom. The minimum absolute atomic E-state index is 0.0323. The highest BCUT2D eigenvalue weighted by Crippen LogP contribution is 2.70. The van der Waals surface area contributed by atoms with Crippen LogP contribution in [-0.4, -0.2) is 97.8 Å². The quantitative estimate of drug-likeness (QED) is 0.399. The number of hydrogen-bond acceptors (Lipinski definition) is 9. The monoisotopic (exact) mass is 524 g/mol. The van der Waals surface area contributed by atoms with Gasteiger partial charge in [-0.05, 0) is 46.2 Å². The molecule has 9 atom stereocenters. The van der Waals surface area contributed by atoms with Crippen molar-refractivity contribution >= 4 is 11.9 Å². The average Bonchev–Trinajstić information content (AvgIpc) is 2.79. The van der Waals surface area contributed by atoms with Gasteiger partial charge in [-0.25, -0.2) is 4.79 Å². The maximum Gasteiger partial charge on any atom is 0.407 e. The molecule has 1 unspecified atom stereocenters. The summed E-state index contributed by atoms with van der Waals surface area (Å²) in [6, 6.07) is 0. The lowest BCUT2D eigenvalue weighted by molar-refractivity contribution is -0.456. The van der Waals surface area contributed by atoms with Crippen molar-refractivity contribution in [1.29, 1.82) is 0 Å². The van der Waals surface area contributed by atoms with Crippen molar-refractivity contribution in [2.45, 2.75) is 95.4 Å². The van der Waals surface area contributed by atoms with Crippen LogP contribution in [0.2, 0.25) is 0 Å². The number of carbonyl (C=O) groups is 2. The van der Waals surface area contributed by atoms with Crippen molar-refractivity contribution in [3.05, 3.63) is 12.7 Å². The molecule has 4 rings (SSSR count). The SMILES string of the molecule is C=C[C@@]1(C)CC(=O)[C@@]23OC(N(C)C)O[C@H]4CCC(C)(C)[C@H]([C@H](O)[C@H](OC(=O)NCCOC)[C@@]2(C)O1)[C@]43C. The fraction of sp³-hybridized carbons (Fsp3) is 0.852. The standard InChI is InChI=1S/C27H44N2O8/c1-10-24(4)15-16(30)27-25(5)17(34-22(36-27)29(7)8)11-12-23(2,3)19(25)18(31)20(26(27,6)37-24)35-21(32)28-13-14-33-9/h10,17-20,22,31H,1,11-15H2,2-9H3,(H,28,32)/t17-,18-,19-,20-,22?,24-,25-,26+,27-/m0/s1. The van der Waals surface area contributed by atoms with E-state index >= 15 is 0 Å². The second kappa shape index (κ2) is 9.27. The molecule has 37 heavy (non-hydrogen) atoms. The van der Waals surface area contributed by atoms with Gasteiger partial charge in [-0.2, -0.15) is 0 Å². The number of alkyl carbamates (subject to hydrolysis) is 1. The zero-order chi connectivity index (χ0) is 27.6. The number of amides is 1. The number of nitrogens with zero attached hydrogens (tertiary/aromatic N) is 1.